The number of halogens is 1. The molecular formula is C12H23ClN4O2. The quantitative estimate of drug-likeness (QED) is 0.829. The third kappa shape index (κ3) is 5.87. The summed E-state index contributed by atoms with van der Waals surface area (Å²) in [6.07, 6.45) is 0. The Morgan fingerprint density at radius 1 is 1.16 bits per heavy atom. The summed E-state index contributed by atoms with van der Waals surface area (Å²) in [4.78, 5) is 21.3. The molecule has 1 rings (SSSR count). The van der Waals surface area contributed by atoms with Gasteiger partial charge in [-0.3, -0.25) is 4.90 Å². The summed E-state index contributed by atoms with van der Waals surface area (Å²) in [5.74, 6) is 0.669. The molecule has 0 saturated heterocycles. The van der Waals surface area contributed by atoms with Gasteiger partial charge in [0.25, 0.3) is 0 Å². The van der Waals surface area contributed by atoms with Crippen molar-refractivity contribution in [3.63, 3.8) is 0 Å². The molecule has 19 heavy (non-hydrogen) atoms. The van der Waals surface area contributed by atoms with Gasteiger partial charge in [0.15, 0.2) is 0 Å². The molecule has 1 heterocycles. The summed E-state index contributed by atoms with van der Waals surface area (Å²) in [5, 5.41) is 0. The molecule has 0 radical (unpaired) electrons. The number of anilines is 1. The predicted molar refractivity (Wildman–Crippen MR) is 80.0 cm³/mol. The van der Waals surface area contributed by atoms with Crippen molar-refractivity contribution in [3.8, 4) is 0 Å². The number of aromatic nitrogens is 1. The van der Waals surface area contributed by atoms with E-state index in [0.29, 0.717) is 5.82 Å². The maximum absolute atomic E-state index is 11.8. The lowest BCUT2D eigenvalue weighted by molar-refractivity contribution is 0.225. The minimum Gasteiger partial charge on any atom is -0.412 e. The number of nitrogens with zero attached hydrogens (tertiary/aromatic N) is 4. The molecule has 1 aromatic rings. The average Bonchev–Trinajstić information content (AvgIpc) is 2.26. The molecular weight excluding hydrogens is 268 g/mol. The van der Waals surface area contributed by atoms with Gasteiger partial charge < -0.3 is 15.3 Å². The fourth-order valence-corrected chi connectivity index (χ4v) is 1.46. The van der Waals surface area contributed by atoms with Crippen molar-refractivity contribution >= 4 is 24.3 Å². The molecule has 2 N–H and O–H groups in total. The molecule has 0 saturated carbocycles. The second-order valence-electron chi connectivity index (χ2n) is 4.46. The molecule has 0 unspecified atom stereocenters. The van der Waals surface area contributed by atoms with Crippen LogP contribution in [0.1, 0.15) is 5.69 Å². The fourth-order valence-electron chi connectivity index (χ4n) is 1.46. The molecule has 0 spiro atoms. The summed E-state index contributed by atoms with van der Waals surface area (Å²) in [7, 11) is 9.15. The van der Waals surface area contributed by atoms with Crippen molar-refractivity contribution in [2.75, 3.05) is 40.1 Å². The highest BCUT2D eigenvalue weighted by Gasteiger charge is 2.13. The Labute approximate surface area is 120 Å². The van der Waals surface area contributed by atoms with Crippen molar-refractivity contribution in [2.45, 2.75) is 6.54 Å². The smallest absolute Gasteiger partial charge is 0.324 e. The van der Waals surface area contributed by atoms with Gasteiger partial charge in [0.2, 0.25) is 0 Å². The molecule has 6 nitrogen and oxygen atoms in total. The van der Waals surface area contributed by atoms with E-state index >= 15 is 0 Å². The van der Waals surface area contributed by atoms with Crippen LogP contribution in [-0.2, 0) is 6.54 Å². The molecule has 1 aromatic heterocycles. The van der Waals surface area contributed by atoms with E-state index in [0.717, 1.165) is 12.2 Å². The van der Waals surface area contributed by atoms with E-state index in [-0.39, 0.29) is 23.9 Å². The van der Waals surface area contributed by atoms with Crippen molar-refractivity contribution < 1.29 is 10.3 Å². The minimum absolute atomic E-state index is 0. The van der Waals surface area contributed by atoms with Crippen molar-refractivity contribution in [1.29, 1.82) is 0 Å². The second-order valence-corrected chi connectivity index (χ2v) is 4.46. The maximum atomic E-state index is 11.8. The summed E-state index contributed by atoms with van der Waals surface area (Å²) in [6.45, 7) is 0.762. The number of pyridine rings is 1. The molecule has 110 valence electrons. The van der Waals surface area contributed by atoms with Crippen molar-refractivity contribution in [3.05, 3.63) is 23.9 Å². The standard InChI is InChI=1S/C12H20N4O.ClH.H2O/c1-14(2)9-10-7-6-8-11(13-10)16(5)12(17)15(3)4;;/h6-8H,9H2,1-5H3;1H;1H2. The topological polar surface area (TPSA) is 71.2 Å². The highest BCUT2D eigenvalue weighted by atomic mass is 35.5. The normalized spacial score (nSPS) is 9.37. The van der Waals surface area contributed by atoms with Crippen molar-refractivity contribution in [2.24, 2.45) is 0 Å². The third-order valence-electron chi connectivity index (χ3n) is 2.28. The molecule has 0 bridgehead atoms. The Hall–Kier alpha value is -1.37. The van der Waals surface area contributed by atoms with E-state index < -0.39 is 0 Å². The van der Waals surface area contributed by atoms with Crippen LogP contribution in [0, 0.1) is 0 Å². The predicted octanol–water partition coefficient (Wildman–Crippen LogP) is 0.858. The zero-order valence-electron chi connectivity index (χ0n) is 12.0. The molecule has 0 atom stereocenters. The fraction of sp³-hybridized carbons (Fsp3) is 0.500. The molecule has 0 aliphatic heterocycles. The van der Waals surface area contributed by atoms with Crippen LogP contribution in [0.25, 0.3) is 0 Å². The zero-order valence-corrected chi connectivity index (χ0v) is 12.9. The van der Waals surface area contributed by atoms with E-state index in [9.17, 15) is 4.79 Å². The van der Waals surface area contributed by atoms with Gasteiger partial charge in [0.1, 0.15) is 5.82 Å². The number of amides is 2. The molecule has 0 aromatic carbocycles. The van der Waals surface area contributed by atoms with Crippen LogP contribution in [0.3, 0.4) is 0 Å². The van der Waals surface area contributed by atoms with Crippen LogP contribution in [0.4, 0.5) is 10.6 Å². The van der Waals surface area contributed by atoms with Crippen molar-refractivity contribution in [1.82, 2.24) is 14.8 Å². The second kappa shape index (κ2) is 8.68. The summed E-state index contributed by atoms with van der Waals surface area (Å²) >= 11 is 0. The number of hydrogen-bond donors (Lipinski definition) is 0. The SMILES string of the molecule is CN(C)Cc1cccc(N(C)C(=O)N(C)C)n1.Cl.O. The van der Waals surface area contributed by atoms with Gasteiger partial charge in [-0.2, -0.15) is 0 Å². The number of hydrogen-bond acceptors (Lipinski definition) is 3. The van der Waals surface area contributed by atoms with E-state index in [2.05, 4.69) is 4.98 Å². The molecule has 2 amide bonds. The van der Waals surface area contributed by atoms with E-state index in [1.165, 1.54) is 4.90 Å². The van der Waals surface area contributed by atoms with Gasteiger partial charge in [-0.05, 0) is 26.2 Å². The maximum Gasteiger partial charge on any atom is 0.324 e. The molecule has 0 fully saturated rings. The van der Waals surface area contributed by atoms with Crippen LogP contribution < -0.4 is 4.90 Å². The lowest BCUT2D eigenvalue weighted by Gasteiger charge is -2.21. The Morgan fingerprint density at radius 3 is 2.21 bits per heavy atom. The molecule has 7 heteroatoms. The summed E-state index contributed by atoms with van der Waals surface area (Å²) < 4.78 is 0. The monoisotopic (exact) mass is 290 g/mol. The third-order valence-corrected chi connectivity index (χ3v) is 2.28. The largest absolute Gasteiger partial charge is 0.412 e. The average molecular weight is 291 g/mol. The van der Waals surface area contributed by atoms with Crippen LogP contribution in [-0.4, -0.2) is 61.5 Å². The van der Waals surface area contributed by atoms with Gasteiger partial charge in [-0.1, -0.05) is 6.07 Å². The molecule has 0 aliphatic carbocycles. The first-order chi connectivity index (χ1) is 7.91. The van der Waals surface area contributed by atoms with Gasteiger partial charge >= 0.3 is 6.03 Å². The van der Waals surface area contributed by atoms with Gasteiger partial charge in [-0.15, -0.1) is 12.4 Å². The highest BCUT2D eigenvalue weighted by molar-refractivity contribution is 5.90. The molecule has 0 aliphatic rings. The highest BCUT2D eigenvalue weighted by Crippen LogP contribution is 2.11. The minimum atomic E-state index is -0.0838. The van der Waals surface area contributed by atoms with Gasteiger partial charge in [0.05, 0.1) is 5.69 Å². The number of carbonyl (C=O) groups excluding carboxylic acids is 1. The van der Waals surface area contributed by atoms with Gasteiger partial charge in [-0.25, -0.2) is 9.78 Å². The lowest BCUT2D eigenvalue weighted by atomic mass is 10.3. The van der Waals surface area contributed by atoms with Crippen LogP contribution in [0.5, 0.6) is 0 Å². The lowest BCUT2D eigenvalue weighted by Crippen LogP contribution is -2.36. The number of carbonyl (C=O) groups is 1. The number of rotatable bonds is 3. The Bertz CT molecular complexity index is 399. The summed E-state index contributed by atoms with van der Waals surface area (Å²) in [5.41, 5.74) is 0.950. The van der Waals surface area contributed by atoms with Gasteiger partial charge in [0, 0.05) is 27.7 Å². The van der Waals surface area contributed by atoms with Crippen LogP contribution >= 0.6 is 12.4 Å². The Morgan fingerprint density at radius 2 is 1.74 bits per heavy atom. The first-order valence-electron chi connectivity index (χ1n) is 5.47. The Balaban J connectivity index is 0. The van der Waals surface area contributed by atoms with Crippen LogP contribution in [0.15, 0.2) is 18.2 Å². The Kier molecular flexibility index (Phi) is 9.12. The van der Waals surface area contributed by atoms with E-state index in [1.54, 1.807) is 26.0 Å². The number of urea groups is 1. The van der Waals surface area contributed by atoms with E-state index in [4.69, 9.17) is 0 Å². The summed E-state index contributed by atoms with van der Waals surface area (Å²) in [6, 6.07) is 5.62. The van der Waals surface area contributed by atoms with Crippen LogP contribution in [0.2, 0.25) is 0 Å². The first kappa shape index (κ1) is 20.0. The van der Waals surface area contributed by atoms with E-state index in [1.807, 2.05) is 37.2 Å². The first-order valence-corrected chi connectivity index (χ1v) is 5.47. The zero-order chi connectivity index (χ0) is 13.0.